The third-order valence-corrected chi connectivity index (χ3v) is 3.74. The molecule has 0 amide bonds. The molecule has 2 aromatic heterocycles. The van der Waals surface area contributed by atoms with Crippen molar-refractivity contribution in [3.63, 3.8) is 0 Å². The molecule has 3 heterocycles. The van der Waals surface area contributed by atoms with E-state index in [0.717, 1.165) is 0 Å². The van der Waals surface area contributed by atoms with E-state index in [1.54, 1.807) is 0 Å². The number of ether oxygens (including phenoxy) is 2. The van der Waals surface area contributed by atoms with Crippen LogP contribution in [0.15, 0.2) is 17.4 Å². The molecule has 0 spiro atoms. The van der Waals surface area contributed by atoms with E-state index in [1.807, 2.05) is 0 Å². The zero-order chi connectivity index (χ0) is 17.4. The zero-order valence-electron chi connectivity index (χ0n) is 12.7. The van der Waals surface area contributed by atoms with E-state index in [9.17, 15) is 19.8 Å². The maximum Gasteiger partial charge on any atom is 0.322 e. The minimum absolute atomic E-state index is 0.0784. The summed E-state index contributed by atoms with van der Waals surface area (Å²) in [7, 11) is 0. The van der Waals surface area contributed by atoms with Gasteiger partial charge in [0.2, 0.25) is 0 Å². The molecule has 130 valence electrons. The number of imidazole rings is 1. The summed E-state index contributed by atoms with van der Waals surface area (Å²) in [5.41, 5.74) is 5.22. The highest BCUT2D eigenvalue weighted by Crippen LogP contribution is 2.31. The van der Waals surface area contributed by atoms with E-state index < -0.39 is 42.1 Å². The van der Waals surface area contributed by atoms with E-state index in [0.29, 0.717) is 0 Å². The lowest BCUT2D eigenvalue weighted by molar-refractivity contribution is -0.151. The van der Waals surface area contributed by atoms with Crippen molar-refractivity contribution in [2.45, 2.75) is 37.5 Å². The summed E-state index contributed by atoms with van der Waals surface area (Å²) in [6, 6.07) is -0.808. The van der Waals surface area contributed by atoms with Crippen LogP contribution >= 0.6 is 0 Å². The molecule has 2 aromatic rings. The summed E-state index contributed by atoms with van der Waals surface area (Å²) in [6.45, 7) is 1.20. The highest BCUT2D eigenvalue weighted by Gasteiger charge is 2.45. The molecule has 5 N–H and O–H groups in total. The number of hydrogen-bond donors (Lipinski definition) is 4. The molecule has 1 fully saturated rings. The summed E-state index contributed by atoms with van der Waals surface area (Å²) in [5.74, 6) is -0.648. The fraction of sp³-hybridized carbons (Fsp3) is 0.538. The van der Waals surface area contributed by atoms with Crippen LogP contribution in [0.4, 0.5) is 0 Å². The number of nitrogens with one attached hydrogen (secondary N) is 1. The van der Waals surface area contributed by atoms with E-state index in [1.165, 1.54) is 24.1 Å². The summed E-state index contributed by atoms with van der Waals surface area (Å²) in [5, 5.41) is 20.3. The van der Waals surface area contributed by atoms with Gasteiger partial charge in [0.1, 0.15) is 31.0 Å². The first-order valence-corrected chi connectivity index (χ1v) is 7.24. The Balaban J connectivity index is 1.80. The Morgan fingerprint density at radius 3 is 2.96 bits per heavy atom. The molecule has 1 aliphatic rings. The first-order valence-electron chi connectivity index (χ1n) is 7.24. The fourth-order valence-electron chi connectivity index (χ4n) is 2.44. The molecule has 11 nitrogen and oxygen atoms in total. The number of carbonyl (C=O) groups excluding carboxylic acids is 1. The number of aromatic amines is 1. The fourth-order valence-corrected chi connectivity index (χ4v) is 2.44. The summed E-state index contributed by atoms with van der Waals surface area (Å²) in [4.78, 5) is 33.4. The predicted octanol–water partition coefficient (Wildman–Crippen LogP) is -2.37. The molecule has 0 bridgehead atoms. The molecule has 0 saturated carbocycles. The van der Waals surface area contributed by atoms with Crippen molar-refractivity contribution in [2.75, 3.05) is 6.61 Å². The van der Waals surface area contributed by atoms with Crippen LogP contribution in [0.3, 0.4) is 0 Å². The number of aromatic nitrogens is 4. The molecular weight excluding hydrogens is 322 g/mol. The number of fused-ring (bicyclic) bond motifs is 1. The van der Waals surface area contributed by atoms with Crippen molar-refractivity contribution in [3.8, 4) is 0 Å². The maximum atomic E-state index is 11.7. The van der Waals surface area contributed by atoms with E-state index in [2.05, 4.69) is 15.0 Å². The molecule has 0 aliphatic carbocycles. The lowest BCUT2D eigenvalue weighted by Crippen LogP contribution is -2.36. The Hall–Kier alpha value is -2.34. The normalized spacial score (nSPS) is 28.2. The average Bonchev–Trinajstić information content (AvgIpc) is 3.09. The van der Waals surface area contributed by atoms with Crippen LogP contribution in [0.25, 0.3) is 11.2 Å². The molecule has 5 atom stereocenters. The zero-order valence-corrected chi connectivity index (χ0v) is 12.7. The van der Waals surface area contributed by atoms with E-state index in [-0.39, 0.29) is 17.8 Å². The molecule has 0 radical (unpaired) electrons. The third kappa shape index (κ3) is 2.78. The Morgan fingerprint density at radius 2 is 2.25 bits per heavy atom. The molecule has 24 heavy (non-hydrogen) atoms. The SMILES string of the molecule is CC(N)C(=O)OC[C@H]1O[C@@H](n2cnc3c(=O)[nH]cnc32)[C@H](O)[C@@H]1O. The van der Waals surface area contributed by atoms with E-state index in [4.69, 9.17) is 15.2 Å². The standard InChI is InChI=1S/C13H17N5O6/c1-5(14)13(22)23-2-6-8(19)9(20)12(24-6)18-4-17-7-10(18)15-3-16-11(7)21/h3-6,8-9,12,19-20H,2,14H2,1H3,(H,15,16,21)/t5?,6-,8-,9-,12-/m1/s1. The van der Waals surface area contributed by atoms with Gasteiger partial charge in [0.15, 0.2) is 17.4 Å². The molecule has 1 aliphatic heterocycles. The Bertz CT molecular complexity index is 801. The largest absolute Gasteiger partial charge is 0.462 e. The number of esters is 1. The molecule has 11 heteroatoms. The third-order valence-electron chi connectivity index (χ3n) is 3.74. The topological polar surface area (TPSA) is 166 Å². The van der Waals surface area contributed by atoms with Crippen molar-refractivity contribution >= 4 is 17.1 Å². The van der Waals surface area contributed by atoms with Gasteiger partial charge in [-0.2, -0.15) is 0 Å². The van der Waals surface area contributed by atoms with Gasteiger partial charge in [0.05, 0.1) is 12.7 Å². The van der Waals surface area contributed by atoms with Crippen molar-refractivity contribution in [1.82, 2.24) is 19.5 Å². The first-order chi connectivity index (χ1) is 11.4. The number of aliphatic hydroxyl groups excluding tert-OH is 2. The highest BCUT2D eigenvalue weighted by atomic mass is 16.6. The predicted molar refractivity (Wildman–Crippen MR) is 78.7 cm³/mol. The van der Waals surface area contributed by atoms with Gasteiger partial charge in [-0.25, -0.2) is 9.97 Å². The van der Waals surface area contributed by atoms with Crippen LogP contribution < -0.4 is 11.3 Å². The van der Waals surface area contributed by atoms with Crippen LogP contribution in [0.1, 0.15) is 13.2 Å². The van der Waals surface area contributed by atoms with E-state index >= 15 is 0 Å². The second-order valence-electron chi connectivity index (χ2n) is 5.52. The number of H-pyrrole nitrogens is 1. The van der Waals surface area contributed by atoms with Crippen molar-refractivity contribution in [2.24, 2.45) is 5.73 Å². The number of hydrogen-bond acceptors (Lipinski definition) is 9. The van der Waals surface area contributed by atoms with Gasteiger partial charge < -0.3 is 30.4 Å². The van der Waals surface area contributed by atoms with Gasteiger partial charge in [-0.05, 0) is 6.92 Å². The Morgan fingerprint density at radius 1 is 1.50 bits per heavy atom. The van der Waals surface area contributed by atoms with Crippen LogP contribution in [-0.2, 0) is 14.3 Å². The van der Waals surface area contributed by atoms with Gasteiger partial charge in [0, 0.05) is 0 Å². The molecule has 0 aromatic carbocycles. The van der Waals surface area contributed by atoms with Crippen LogP contribution in [0.2, 0.25) is 0 Å². The van der Waals surface area contributed by atoms with Gasteiger partial charge in [0.25, 0.3) is 5.56 Å². The minimum atomic E-state index is -1.32. The number of carbonyl (C=O) groups is 1. The smallest absolute Gasteiger partial charge is 0.322 e. The van der Waals surface area contributed by atoms with Crippen molar-refractivity contribution in [3.05, 3.63) is 23.0 Å². The maximum absolute atomic E-state index is 11.7. The monoisotopic (exact) mass is 339 g/mol. The van der Waals surface area contributed by atoms with Gasteiger partial charge in [-0.15, -0.1) is 0 Å². The second kappa shape index (κ2) is 6.28. The van der Waals surface area contributed by atoms with Crippen molar-refractivity contribution in [1.29, 1.82) is 0 Å². The number of aliphatic hydroxyl groups is 2. The van der Waals surface area contributed by atoms with Crippen molar-refractivity contribution < 1.29 is 24.5 Å². The summed E-state index contributed by atoms with van der Waals surface area (Å²) in [6.07, 6.45) is -2.12. The number of rotatable bonds is 4. The number of nitrogens with two attached hydrogens (primary N) is 1. The average molecular weight is 339 g/mol. The lowest BCUT2D eigenvalue weighted by atomic mass is 10.1. The Kier molecular flexibility index (Phi) is 4.32. The quantitative estimate of drug-likeness (QED) is 0.445. The van der Waals surface area contributed by atoms with Crippen LogP contribution in [0, 0.1) is 0 Å². The molecule has 1 saturated heterocycles. The number of nitrogens with zero attached hydrogens (tertiary/aromatic N) is 3. The molecule has 1 unspecified atom stereocenters. The lowest BCUT2D eigenvalue weighted by Gasteiger charge is -2.16. The van der Waals surface area contributed by atoms with Gasteiger partial charge in [-0.3, -0.25) is 14.2 Å². The summed E-state index contributed by atoms with van der Waals surface area (Å²) < 4.78 is 11.8. The first kappa shape index (κ1) is 16.5. The summed E-state index contributed by atoms with van der Waals surface area (Å²) >= 11 is 0. The van der Waals surface area contributed by atoms with Crippen LogP contribution in [0.5, 0.6) is 0 Å². The second-order valence-corrected chi connectivity index (χ2v) is 5.52. The Labute approximate surface area is 135 Å². The van der Waals surface area contributed by atoms with Gasteiger partial charge in [-0.1, -0.05) is 0 Å². The van der Waals surface area contributed by atoms with Gasteiger partial charge >= 0.3 is 5.97 Å². The van der Waals surface area contributed by atoms with Crippen LogP contribution in [-0.4, -0.2) is 66.7 Å². The minimum Gasteiger partial charge on any atom is -0.462 e. The molecular formula is C13H17N5O6. The molecule has 3 rings (SSSR count). The highest BCUT2D eigenvalue weighted by molar-refractivity contribution is 5.74.